The lowest BCUT2D eigenvalue weighted by molar-refractivity contribution is 0.292. The number of halogens is 3. The van der Waals surface area contributed by atoms with Crippen LogP contribution in [0.2, 0.25) is 0 Å². The van der Waals surface area contributed by atoms with E-state index in [1.165, 1.54) is 12.8 Å². The van der Waals surface area contributed by atoms with Crippen LogP contribution < -0.4 is 4.74 Å². The van der Waals surface area contributed by atoms with Crippen molar-refractivity contribution in [3.63, 3.8) is 0 Å². The van der Waals surface area contributed by atoms with Gasteiger partial charge < -0.3 is 4.74 Å². The first-order valence-corrected chi connectivity index (χ1v) is 13.5. The Morgan fingerprint density at radius 2 is 1.56 bits per heavy atom. The average Bonchev–Trinajstić information content (AvgIpc) is 2.90. The second-order valence-electron chi connectivity index (χ2n) is 10.2. The van der Waals surface area contributed by atoms with Gasteiger partial charge in [-0.1, -0.05) is 69.5 Å². The van der Waals surface area contributed by atoms with E-state index in [9.17, 15) is 13.2 Å². The zero-order valence-corrected chi connectivity index (χ0v) is 21.5. The van der Waals surface area contributed by atoms with E-state index in [-0.39, 0.29) is 23.9 Å². The molecule has 0 aromatic heterocycles. The normalized spacial score (nSPS) is 17.8. The smallest absolute Gasteiger partial charge is 0.165 e. The predicted molar refractivity (Wildman–Crippen MR) is 141 cm³/mol. The molecule has 0 saturated heterocycles. The van der Waals surface area contributed by atoms with Crippen LogP contribution >= 0.6 is 0 Å². The highest BCUT2D eigenvalue weighted by Gasteiger charge is 2.26. The van der Waals surface area contributed by atoms with E-state index in [0.29, 0.717) is 16.9 Å². The van der Waals surface area contributed by atoms with Crippen LogP contribution in [0.1, 0.15) is 87.8 Å². The molecular weight excluding hydrogens is 457 g/mol. The van der Waals surface area contributed by atoms with Crippen molar-refractivity contribution in [3.8, 4) is 16.9 Å². The molecule has 4 rings (SSSR count). The molecule has 1 saturated carbocycles. The van der Waals surface area contributed by atoms with Crippen molar-refractivity contribution in [2.75, 3.05) is 0 Å². The van der Waals surface area contributed by atoms with E-state index < -0.39 is 11.6 Å². The van der Waals surface area contributed by atoms with Crippen LogP contribution in [0.15, 0.2) is 54.6 Å². The molecule has 4 heteroatoms. The van der Waals surface area contributed by atoms with E-state index in [0.717, 1.165) is 62.0 Å². The van der Waals surface area contributed by atoms with Gasteiger partial charge in [-0.3, -0.25) is 0 Å². The topological polar surface area (TPSA) is 9.23 Å². The Kier molecular flexibility index (Phi) is 9.12. The molecule has 0 N–H and O–H groups in total. The van der Waals surface area contributed by atoms with E-state index in [2.05, 4.69) is 13.8 Å². The lowest BCUT2D eigenvalue weighted by Gasteiger charge is -2.29. The van der Waals surface area contributed by atoms with Crippen molar-refractivity contribution < 1.29 is 17.9 Å². The van der Waals surface area contributed by atoms with E-state index in [1.54, 1.807) is 42.5 Å². The van der Waals surface area contributed by atoms with Crippen LogP contribution in [0.5, 0.6) is 5.75 Å². The number of hydrogen-bond donors (Lipinski definition) is 0. The second kappa shape index (κ2) is 12.5. The molecular formula is C32H37F3O. The van der Waals surface area contributed by atoms with Gasteiger partial charge in [0.1, 0.15) is 18.2 Å². The summed E-state index contributed by atoms with van der Waals surface area (Å²) in [7, 11) is 0. The largest absolute Gasteiger partial charge is 0.489 e. The zero-order chi connectivity index (χ0) is 25.5. The predicted octanol–water partition coefficient (Wildman–Crippen LogP) is 9.77. The average molecular weight is 495 g/mol. The summed E-state index contributed by atoms with van der Waals surface area (Å²) < 4.78 is 50.2. The molecule has 0 heterocycles. The highest BCUT2D eigenvalue weighted by molar-refractivity contribution is 5.65. The minimum absolute atomic E-state index is 0.0634. The van der Waals surface area contributed by atoms with Crippen LogP contribution in [0.25, 0.3) is 11.1 Å². The first-order chi connectivity index (χ1) is 17.5. The van der Waals surface area contributed by atoms with Crippen LogP contribution in [0.3, 0.4) is 0 Å². The maximum atomic E-state index is 14.9. The Labute approximate surface area is 213 Å². The van der Waals surface area contributed by atoms with Gasteiger partial charge in [0, 0.05) is 11.1 Å². The van der Waals surface area contributed by atoms with Crippen molar-refractivity contribution in [1.82, 2.24) is 0 Å². The van der Waals surface area contributed by atoms with Gasteiger partial charge in [0.25, 0.3) is 0 Å². The Morgan fingerprint density at radius 1 is 0.806 bits per heavy atom. The summed E-state index contributed by atoms with van der Waals surface area (Å²) >= 11 is 0. The second-order valence-corrected chi connectivity index (χ2v) is 10.2. The highest BCUT2D eigenvalue weighted by atomic mass is 19.2. The molecule has 0 aliphatic heterocycles. The molecule has 0 radical (unpaired) electrons. The van der Waals surface area contributed by atoms with Crippen molar-refractivity contribution in [2.24, 2.45) is 5.92 Å². The van der Waals surface area contributed by atoms with Crippen LogP contribution in [0.4, 0.5) is 13.2 Å². The van der Waals surface area contributed by atoms with Gasteiger partial charge in [0.15, 0.2) is 11.6 Å². The van der Waals surface area contributed by atoms with Crippen molar-refractivity contribution in [1.29, 1.82) is 0 Å². The first-order valence-electron chi connectivity index (χ1n) is 13.5. The Hall–Kier alpha value is -2.75. The third-order valence-corrected chi connectivity index (χ3v) is 7.59. The van der Waals surface area contributed by atoms with Crippen LogP contribution in [0, 0.1) is 23.4 Å². The fourth-order valence-electron chi connectivity index (χ4n) is 5.42. The molecule has 3 aromatic carbocycles. The highest BCUT2D eigenvalue weighted by Crippen LogP contribution is 2.39. The molecule has 1 nitrogen and oxygen atoms in total. The molecule has 1 aliphatic carbocycles. The van der Waals surface area contributed by atoms with Crippen molar-refractivity contribution in [3.05, 3.63) is 88.7 Å². The quantitative estimate of drug-likeness (QED) is 0.272. The maximum absolute atomic E-state index is 14.9. The minimum atomic E-state index is -0.815. The number of rotatable bonds is 10. The van der Waals surface area contributed by atoms with Gasteiger partial charge in [-0.25, -0.2) is 13.2 Å². The number of aryl methyl sites for hydroxylation is 1. The molecule has 0 atom stereocenters. The SMILES string of the molecule is CCCCc1ccc(-c2ccc(OCc3ccc(C4CCC(CCC)CC4)c(F)c3F)cc2)c(F)c1. The fraction of sp³-hybridized carbons (Fsp3) is 0.438. The lowest BCUT2D eigenvalue weighted by atomic mass is 9.77. The number of ether oxygens (including phenoxy) is 1. The summed E-state index contributed by atoms with van der Waals surface area (Å²) in [5.74, 6) is -0.449. The van der Waals surface area contributed by atoms with E-state index in [4.69, 9.17) is 4.74 Å². The molecule has 192 valence electrons. The van der Waals surface area contributed by atoms with Crippen LogP contribution in [-0.2, 0) is 13.0 Å². The standard InChI is InChI=1S/C32H37F3O/c1-3-5-7-23-10-18-28(30(33)20-23)24-13-16-27(17-14-24)36-21-26-15-19-29(32(35)31(26)34)25-11-8-22(6-4-2)9-12-25/h10,13-20,22,25H,3-9,11-12,21H2,1-2H3. The Bertz CT molecular complexity index is 1130. The Balaban J connectivity index is 1.37. The number of unbranched alkanes of at least 4 members (excludes halogenated alkanes) is 1. The molecule has 36 heavy (non-hydrogen) atoms. The summed E-state index contributed by atoms with van der Waals surface area (Å²) in [5, 5.41) is 0. The lowest BCUT2D eigenvalue weighted by Crippen LogP contribution is -2.15. The molecule has 0 spiro atoms. The van der Waals surface area contributed by atoms with Gasteiger partial charge in [-0.05, 0) is 85.3 Å². The first kappa shape index (κ1) is 26.3. The van der Waals surface area contributed by atoms with Crippen molar-refractivity contribution in [2.45, 2.75) is 84.2 Å². The number of hydrogen-bond acceptors (Lipinski definition) is 1. The number of benzene rings is 3. The van der Waals surface area contributed by atoms with Crippen LogP contribution in [-0.4, -0.2) is 0 Å². The maximum Gasteiger partial charge on any atom is 0.165 e. The molecule has 1 aliphatic rings. The van der Waals surface area contributed by atoms with Crippen molar-refractivity contribution >= 4 is 0 Å². The van der Waals surface area contributed by atoms with Gasteiger partial charge in [0.05, 0.1) is 0 Å². The molecule has 3 aromatic rings. The van der Waals surface area contributed by atoms with Gasteiger partial charge in [-0.15, -0.1) is 0 Å². The third kappa shape index (κ3) is 6.32. The van der Waals surface area contributed by atoms with Gasteiger partial charge >= 0.3 is 0 Å². The van der Waals surface area contributed by atoms with E-state index >= 15 is 0 Å². The third-order valence-electron chi connectivity index (χ3n) is 7.59. The fourth-order valence-corrected chi connectivity index (χ4v) is 5.42. The van der Waals surface area contributed by atoms with E-state index in [1.807, 2.05) is 12.1 Å². The zero-order valence-electron chi connectivity index (χ0n) is 21.5. The molecule has 0 bridgehead atoms. The molecule has 0 unspecified atom stereocenters. The summed E-state index contributed by atoms with van der Waals surface area (Å²) in [4.78, 5) is 0. The van der Waals surface area contributed by atoms with Gasteiger partial charge in [-0.2, -0.15) is 0 Å². The summed E-state index contributed by atoms with van der Waals surface area (Å²) in [6, 6.07) is 15.8. The minimum Gasteiger partial charge on any atom is -0.489 e. The Morgan fingerprint density at radius 3 is 2.22 bits per heavy atom. The summed E-state index contributed by atoms with van der Waals surface area (Å²) in [6.07, 6.45) is 9.42. The monoisotopic (exact) mass is 494 g/mol. The molecule has 0 amide bonds. The summed E-state index contributed by atoms with van der Waals surface area (Å²) in [6.45, 7) is 4.25. The molecule has 1 fully saturated rings. The van der Waals surface area contributed by atoms with Gasteiger partial charge in [0.2, 0.25) is 0 Å². The summed E-state index contributed by atoms with van der Waals surface area (Å²) in [5.41, 5.74) is 2.99.